The van der Waals surface area contributed by atoms with Gasteiger partial charge in [-0.2, -0.15) is 0 Å². The molecule has 2 heteroatoms. The molecule has 0 bridgehead atoms. The molecule has 0 saturated carbocycles. The number of rotatable bonds is 5. The van der Waals surface area contributed by atoms with E-state index >= 15 is 0 Å². The van der Waals surface area contributed by atoms with Gasteiger partial charge in [-0.25, -0.2) is 0 Å². The first-order valence-electron chi connectivity index (χ1n) is 6.95. The molecule has 0 aliphatic rings. The van der Waals surface area contributed by atoms with Gasteiger partial charge in [0.2, 0.25) is 0 Å². The lowest BCUT2D eigenvalue weighted by Crippen LogP contribution is -2.11. The quantitative estimate of drug-likeness (QED) is 0.601. The van der Waals surface area contributed by atoms with Crippen molar-refractivity contribution in [2.75, 3.05) is 5.33 Å². The van der Waals surface area contributed by atoms with Crippen molar-refractivity contribution in [3.63, 3.8) is 0 Å². The van der Waals surface area contributed by atoms with E-state index in [1.165, 1.54) is 22.3 Å². The van der Waals surface area contributed by atoms with Crippen molar-refractivity contribution in [3.05, 3.63) is 69.7 Å². The SMILES string of the molecule is Cc1cccc(C)c1CC(CBr)Cc1cccc(Cl)c1. The normalized spacial score (nSPS) is 12.4. The maximum atomic E-state index is 6.07. The highest BCUT2D eigenvalue weighted by molar-refractivity contribution is 9.09. The first kappa shape index (κ1) is 15.6. The fourth-order valence-corrected chi connectivity index (χ4v) is 3.31. The van der Waals surface area contributed by atoms with E-state index in [4.69, 9.17) is 11.6 Å². The lowest BCUT2D eigenvalue weighted by atomic mass is 9.90. The smallest absolute Gasteiger partial charge is 0.0408 e. The van der Waals surface area contributed by atoms with Gasteiger partial charge in [0.25, 0.3) is 0 Å². The van der Waals surface area contributed by atoms with Crippen LogP contribution in [0.15, 0.2) is 42.5 Å². The van der Waals surface area contributed by atoms with Crippen LogP contribution >= 0.6 is 27.5 Å². The van der Waals surface area contributed by atoms with Crippen molar-refractivity contribution >= 4 is 27.5 Å². The summed E-state index contributed by atoms with van der Waals surface area (Å²) < 4.78 is 0. The molecule has 0 radical (unpaired) electrons. The predicted molar refractivity (Wildman–Crippen MR) is 92.1 cm³/mol. The second-order valence-electron chi connectivity index (χ2n) is 5.43. The third-order valence-electron chi connectivity index (χ3n) is 3.77. The second kappa shape index (κ2) is 7.28. The Morgan fingerprint density at radius 1 is 1.00 bits per heavy atom. The summed E-state index contributed by atoms with van der Waals surface area (Å²) in [6, 6.07) is 14.7. The Kier molecular flexibility index (Phi) is 5.68. The van der Waals surface area contributed by atoms with Crippen molar-refractivity contribution in [1.29, 1.82) is 0 Å². The molecule has 0 aliphatic carbocycles. The monoisotopic (exact) mass is 350 g/mol. The van der Waals surface area contributed by atoms with E-state index in [2.05, 4.69) is 60.1 Å². The molecular formula is C18H20BrCl. The molecule has 0 aromatic heterocycles. The maximum Gasteiger partial charge on any atom is 0.0408 e. The minimum Gasteiger partial charge on any atom is -0.0925 e. The molecule has 2 aromatic carbocycles. The van der Waals surface area contributed by atoms with Crippen LogP contribution in [0.1, 0.15) is 22.3 Å². The van der Waals surface area contributed by atoms with Gasteiger partial charge in [0.1, 0.15) is 0 Å². The Bertz CT molecular complexity index is 557. The number of alkyl halides is 1. The van der Waals surface area contributed by atoms with E-state index in [0.29, 0.717) is 5.92 Å². The first-order chi connectivity index (χ1) is 9.60. The minimum atomic E-state index is 0.591. The Labute approximate surface area is 135 Å². The number of halogens is 2. The molecule has 2 aromatic rings. The van der Waals surface area contributed by atoms with E-state index in [1.54, 1.807) is 0 Å². The first-order valence-corrected chi connectivity index (χ1v) is 8.45. The van der Waals surface area contributed by atoms with Crippen LogP contribution in [0.25, 0.3) is 0 Å². The lowest BCUT2D eigenvalue weighted by molar-refractivity contribution is 0.588. The third-order valence-corrected chi connectivity index (χ3v) is 4.92. The summed E-state index contributed by atoms with van der Waals surface area (Å²) in [4.78, 5) is 0. The van der Waals surface area contributed by atoms with Crippen molar-refractivity contribution < 1.29 is 0 Å². The molecule has 2 rings (SSSR count). The van der Waals surface area contributed by atoms with Crippen molar-refractivity contribution in [3.8, 4) is 0 Å². The zero-order valence-corrected chi connectivity index (χ0v) is 14.3. The van der Waals surface area contributed by atoms with Gasteiger partial charge >= 0.3 is 0 Å². The predicted octanol–water partition coefficient (Wildman–Crippen LogP) is 5.75. The van der Waals surface area contributed by atoms with Gasteiger partial charge in [-0.1, -0.05) is 57.9 Å². The molecule has 0 amide bonds. The van der Waals surface area contributed by atoms with Gasteiger partial charge in [0.05, 0.1) is 0 Å². The van der Waals surface area contributed by atoms with Crippen molar-refractivity contribution in [2.45, 2.75) is 26.7 Å². The Balaban J connectivity index is 2.13. The van der Waals surface area contributed by atoms with Gasteiger partial charge in [0.15, 0.2) is 0 Å². The van der Waals surface area contributed by atoms with E-state index < -0.39 is 0 Å². The summed E-state index contributed by atoms with van der Waals surface area (Å²) >= 11 is 9.74. The van der Waals surface area contributed by atoms with Crippen LogP contribution in [0.4, 0.5) is 0 Å². The van der Waals surface area contributed by atoms with Crippen LogP contribution in [0.3, 0.4) is 0 Å². The van der Waals surface area contributed by atoms with Crippen LogP contribution in [-0.2, 0) is 12.8 Å². The summed E-state index contributed by atoms with van der Waals surface area (Å²) in [6.07, 6.45) is 2.16. The maximum absolute atomic E-state index is 6.07. The summed E-state index contributed by atoms with van der Waals surface area (Å²) in [5.74, 6) is 0.591. The Morgan fingerprint density at radius 3 is 2.25 bits per heavy atom. The fourth-order valence-electron chi connectivity index (χ4n) is 2.64. The average Bonchev–Trinajstić information content (AvgIpc) is 2.42. The van der Waals surface area contributed by atoms with Crippen LogP contribution in [-0.4, -0.2) is 5.33 Å². The Hall–Kier alpha value is -0.790. The summed E-state index contributed by atoms with van der Waals surface area (Å²) in [7, 11) is 0. The highest BCUT2D eigenvalue weighted by atomic mass is 79.9. The standard InChI is InChI=1S/C18H20BrCl/c1-13-5-3-6-14(2)18(13)11-16(12-19)9-15-7-4-8-17(20)10-15/h3-8,10,16H,9,11-12H2,1-2H3. The van der Waals surface area contributed by atoms with Crippen LogP contribution < -0.4 is 0 Å². The van der Waals surface area contributed by atoms with Gasteiger partial charge < -0.3 is 0 Å². The van der Waals surface area contributed by atoms with Crippen LogP contribution in [0.5, 0.6) is 0 Å². The average molecular weight is 352 g/mol. The minimum absolute atomic E-state index is 0.591. The molecular weight excluding hydrogens is 332 g/mol. The highest BCUT2D eigenvalue weighted by Gasteiger charge is 2.12. The van der Waals surface area contributed by atoms with Crippen LogP contribution in [0.2, 0.25) is 5.02 Å². The molecule has 106 valence electrons. The highest BCUT2D eigenvalue weighted by Crippen LogP contribution is 2.23. The molecule has 1 unspecified atom stereocenters. The third kappa shape index (κ3) is 4.10. The van der Waals surface area contributed by atoms with Crippen LogP contribution in [0, 0.1) is 19.8 Å². The van der Waals surface area contributed by atoms with E-state index in [-0.39, 0.29) is 0 Å². The number of hydrogen-bond donors (Lipinski definition) is 0. The largest absolute Gasteiger partial charge is 0.0925 e. The Morgan fingerprint density at radius 2 is 1.65 bits per heavy atom. The van der Waals surface area contributed by atoms with E-state index in [0.717, 1.165) is 23.2 Å². The lowest BCUT2D eigenvalue weighted by Gasteiger charge is -2.18. The summed E-state index contributed by atoms with van der Waals surface area (Å²) in [6.45, 7) is 4.40. The topological polar surface area (TPSA) is 0 Å². The molecule has 0 fully saturated rings. The van der Waals surface area contributed by atoms with Crippen molar-refractivity contribution in [2.24, 2.45) is 5.92 Å². The van der Waals surface area contributed by atoms with Gasteiger partial charge in [-0.15, -0.1) is 0 Å². The molecule has 0 aliphatic heterocycles. The molecule has 0 saturated heterocycles. The van der Waals surface area contributed by atoms with E-state index in [1.807, 2.05) is 12.1 Å². The molecule has 0 nitrogen and oxygen atoms in total. The number of benzene rings is 2. The zero-order chi connectivity index (χ0) is 14.5. The molecule has 0 spiro atoms. The van der Waals surface area contributed by atoms with E-state index in [9.17, 15) is 0 Å². The number of aryl methyl sites for hydroxylation is 2. The van der Waals surface area contributed by atoms with Gasteiger partial charge in [0, 0.05) is 10.4 Å². The number of hydrogen-bond acceptors (Lipinski definition) is 0. The second-order valence-corrected chi connectivity index (χ2v) is 6.51. The van der Waals surface area contributed by atoms with Crippen molar-refractivity contribution in [1.82, 2.24) is 0 Å². The summed E-state index contributed by atoms with van der Waals surface area (Å²) in [5.41, 5.74) is 5.58. The zero-order valence-electron chi connectivity index (χ0n) is 12.0. The molecule has 0 heterocycles. The molecule has 20 heavy (non-hydrogen) atoms. The van der Waals surface area contributed by atoms with Gasteiger partial charge in [-0.3, -0.25) is 0 Å². The summed E-state index contributed by atoms with van der Waals surface area (Å²) in [5, 5.41) is 1.83. The molecule has 0 N–H and O–H groups in total. The fraction of sp³-hybridized carbons (Fsp3) is 0.333. The van der Waals surface area contributed by atoms with Gasteiger partial charge in [-0.05, 0) is 67.0 Å². The molecule has 1 atom stereocenters.